The predicted octanol–water partition coefficient (Wildman–Crippen LogP) is 3.67. The minimum absolute atomic E-state index is 0.171. The Hall–Kier alpha value is -1.42. The second kappa shape index (κ2) is 4.35. The first-order valence-electron chi connectivity index (χ1n) is 5.68. The van der Waals surface area contributed by atoms with Crippen molar-refractivity contribution in [1.82, 2.24) is 14.8 Å². The van der Waals surface area contributed by atoms with E-state index in [0.717, 1.165) is 5.56 Å². The van der Waals surface area contributed by atoms with Crippen LogP contribution in [0.4, 0.5) is 4.39 Å². The molecule has 0 aliphatic carbocycles. The number of aryl methyl sites for hydroxylation is 1. The molecule has 0 saturated carbocycles. The maximum absolute atomic E-state index is 13.9. The first kappa shape index (κ1) is 13.0. The Morgan fingerprint density at radius 3 is 2.50 bits per heavy atom. The van der Waals surface area contributed by atoms with Gasteiger partial charge in [0.25, 0.3) is 0 Å². The zero-order chi connectivity index (χ0) is 13.5. The fourth-order valence-electron chi connectivity index (χ4n) is 1.76. The third-order valence-electron chi connectivity index (χ3n) is 2.64. The smallest absolute Gasteiger partial charge is 0.229 e. The van der Waals surface area contributed by atoms with Gasteiger partial charge in [-0.25, -0.2) is 4.39 Å². The van der Waals surface area contributed by atoms with Crippen LogP contribution in [0.25, 0.3) is 5.69 Å². The maximum atomic E-state index is 13.9. The topological polar surface area (TPSA) is 30.7 Å². The predicted molar refractivity (Wildman–Crippen MR) is 69.8 cm³/mol. The van der Waals surface area contributed by atoms with E-state index in [4.69, 9.17) is 11.6 Å². The van der Waals surface area contributed by atoms with Crippen LogP contribution in [0, 0.1) is 12.7 Å². The highest BCUT2D eigenvalue weighted by Crippen LogP contribution is 2.28. The molecule has 3 nitrogen and oxygen atoms in total. The Morgan fingerprint density at radius 2 is 1.89 bits per heavy atom. The first-order valence-corrected chi connectivity index (χ1v) is 6.06. The number of nitrogens with zero attached hydrogens (tertiary/aromatic N) is 3. The van der Waals surface area contributed by atoms with Crippen molar-refractivity contribution in [2.75, 3.05) is 0 Å². The standard InChI is InChI=1S/C13H15ClFN3/c1-8-5-6-9(15)10(7-8)18-11(13(2,3)4)16-17-12(18)14/h5-7H,1-4H3. The van der Waals surface area contributed by atoms with Crippen molar-refractivity contribution < 1.29 is 4.39 Å². The minimum atomic E-state index is -0.340. The Morgan fingerprint density at radius 1 is 1.22 bits per heavy atom. The molecule has 0 bridgehead atoms. The molecular formula is C13H15ClFN3. The van der Waals surface area contributed by atoms with Gasteiger partial charge in [-0.15, -0.1) is 10.2 Å². The molecule has 1 aromatic heterocycles. The molecule has 1 aromatic carbocycles. The van der Waals surface area contributed by atoms with Gasteiger partial charge in [-0.1, -0.05) is 26.8 Å². The molecule has 0 radical (unpaired) electrons. The van der Waals surface area contributed by atoms with Gasteiger partial charge < -0.3 is 0 Å². The Labute approximate surface area is 111 Å². The van der Waals surface area contributed by atoms with E-state index in [1.165, 1.54) is 6.07 Å². The summed E-state index contributed by atoms with van der Waals surface area (Å²) < 4.78 is 15.5. The number of rotatable bonds is 1. The van der Waals surface area contributed by atoms with Crippen LogP contribution in [0.2, 0.25) is 5.28 Å². The molecule has 1 heterocycles. The second-order valence-electron chi connectivity index (χ2n) is 5.33. The lowest BCUT2D eigenvalue weighted by atomic mass is 9.95. The van der Waals surface area contributed by atoms with E-state index in [1.807, 2.05) is 27.7 Å². The van der Waals surface area contributed by atoms with Crippen LogP contribution in [-0.2, 0) is 5.41 Å². The highest BCUT2D eigenvalue weighted by molar-refractivity contribution is 6.28. The maximum Gasteiger partial charge on any atom is 0.229 e. The zero-order valence-corrected chi connectivity index (χ0v) is 11.6. The SMILES string of the molecule is Cc1ccc(F)c(-n2c(Cl)nnc2C(C)(C)C)c1. The number of hydrogen-bond donors (Lipinski definition) is 0. The van der Waals surface area contributed by atoms with Crippen molar-refractivity contribution in [1.29, 1.82) is 0 Å². The lowest BCUT2D eigenvalue weighted by Crippen LogP contribution is -2.19. The highest BCUT2D eigenvalue weighted by Gasteiger charge is 2.25. The van der Waals surface area contributed by atoms with Crippen LogP contribution >= 0.6 is 11.6 Å². The summed E-state index contributed by atoms with van der Waals surface area (Å²) in [5, 5.41) is 8.06. The van der Waals surface area contributed by atoms with Crippen LogP contribution < -0.4 is 0 Å². The molecule has 5 heteroatoms. The van der Waals surface area contributed by atoms with Crippen molar-refractivity contribution in [3.63, 3.8) is 0 Å². The summed E-state index contributed by atoms with van der Waals surface area (Å²) in [7, 11) is 0. The van der Waals surface area contributed by atoms with Gasteiger partial charge in [0.15, 0.2) is 0 Å². The molecule has 0 unspecified atom stereocenters. The van der Waals surface area contributed by atoms with Gasteiger partial charge in [-0.3, -0.25) is 4.57 Å². The average Bonchev–Trinajstić information content (AvgIpc) is 2.63. The molecule has 96 valence electrons. The molecular weight excluding hydrogens is 253 g/mol. The Balaban J connectivity index is 2.71. The van der Waals surface area contributed by atoms with Gasteiger partial charge in [0.05, 0.1) is 5.69 Å². The molecule has 0 fully saturated rings. The van der Waals surface area contributed by atoms with Crippen LogP contribution in [-0.4, -0.2) is 14.8 Å². The zero-order valence-electron chi connectivity index (χ0n) is 10.8. The lowest BCUT2D eigenvalue weighted by Gasteiger charge is -2.19. The summed E-state index contributed by atoms with van der Waals surface area (Å²) in [5.74, 6) is 0.296. The third-order valence-corrected chi connectivity index (χ3v) is 2.88. The van der Waals surface area contributed by atoms with Crippen molar-refractivity contribution in [2.24, 2.45) is 0 Å². The van der Waals surface area contributed by atoms with Crippen LogP contribution in [0.5, 0.6) is 0 Å². The van der Waals surface area contributed by atoms with E-state index >= 15 is 0 Å². The largest absolute Gasteiger partial charge is 0.266 e. The molecule has 0 saturated heterocycles. The molecule has 2 rings (SSSR count). The van der Waals surface area contributed by atoms with Crippen molar-refractivity contribution in [3.05, 3.63) is 40.7 Å². The summed E-state index contributed by atoms with van der Waals surface area (Å²) in [5.41, 5.74) is 1.07. The molecule has 0 aliphatic rings. The van der Waals surface area contributed by atoms with Gasteiger partial charge in [-0.2, -0.15) is 0 Å². The van der Waals surface area contributed by atoms with E-state index in [1.54, 1.807) is 16.7 Å². The summed E-state index contributed by atoms with van der Waals surface area (Å²) in [6.45, 7) is 7.85. The fraction of sp³-hybridized carbons (Fsp3) is 0.385. The molecule has 0 atom stereocenters. The highest BCUT2D eigenvalue weighted by atomic mass is 35.5. The molecule has 0 spiro atoms. The van der Waals surface area contributed by atoms with Crippen LogP contribution in [0.3, 0.4) is 0 Å². The van der Waals surface area contributed by atoms with Gasteiger partial charge >= 0.3 is 0 Å². The molecule has 2 aromatic rings. The van der Waals surface area contributed by atoms with Crippen LogP contribution in [0.1, 0.15) is 32.2 Å². The molecule has 18 heavy (non-hydrogen) atoms. The van der Waals surface area contributed by atoms with Crippen LogP contribution in [0.15, 0.2) is 18.2 Å². The van der Waals surface area contributed by atoms with Gasteiger partial charge in [0.2, 0.25) is 5.28 Å². The van der Waals surface area contributed by atoms with Crippen molar-refractivity contribution >= 4 is 11.6 Å². The van der Waals surface area contributed by atoms with E-state index in [-0.39, 0.29) is 16.5 Å². The normalized spacial score (nSPS) is 11.9. The molecule has 0 aliphatic heterocycles. The number of hydrogen-bond acceptors (Lipinski definition) is 2. The molecule has 0 N–H and O–H groups in total. The monoisotopic (exact) mass is 267 g/mol. The Kier molecular flexibility index (Phi) is 3.15. The number of benzene rings is 1. The lowest BCUT2D eigenvalue weighted by molar-refractivity contribution is 0.526. The average molecular weight is 268 g/mol. The van der Waals surface area contributed by atoms with E-state index in [2.05, 4.69) is 10.2 Å². The third kappa shape index (κ3) is 2.25. The fourth-order valence-corrected chi connectivity index (χ4v) is 1.97. The van der Waals surface area contributed by atoms with Gasteiger partial charge in [0, 0.05) is 5.41 Å². The quantitative estimate of drug-likeness (QED) is 0.789. The summed E-state index contributed by atoms with van der Waals surface area (Å²) in [6.07, 6.45) is 0. The number of halogens is 2. The summed E-state index contributed by atoms with van der Waals surface area (Å²) in [6, 6.07) is 4.88. The number of aromatic nitrogens is 3. The van der Waals surface area contributed by atoms with Crippen molar-refractivity contribution in [2.45, 2.75) is 33.1 Å². The Bertz CT molecular complexity index is 584. The van der Waals surface area contributed by atoms with Gasteiger partial charge in [-0.05, 0) is 36.2 Å². The summed E-state index contributed by atoms with van der Waals surface area (Å²) >= 11 is 6.03. The van der Waals surface area contributed by atoms with E-state index in [0.29, 0.717) is 11.5 Å². The van der Waals surface area contributed by atoms with Crippen molar-refractivity contribution in [3.8, 4) is 5.69 Å². The first-order chi connectivity index (χ1) is 8.30. The summed E-state index contributed by atoms with van der Waals surface area (Å²) in [4.78, 5) is 0. The second-order valence-corrected chi connectivity index (χ2v) is 5.67. The van der Waals surface area contributed by atoms with E-state index in [9.17, 15) is 4.39 Å². The van der Waals surface area contributed by atoms with Gasteiger partial charge in [0.1, 0.15) is 11.6 Å². The molecule has 0 amide bonds. The van der Waals surface area contributed by atoms with E-state index < -0.39 is 0 Å². The minimum Gasteiger partial charge on any atom is -0.266 e.